The Morgan fingerprint density at radius 1 is 0.527 bits per heavy atom. The molecule has 0 bridgehead atoms. The van der Waals surface area contributed by atoms with Crippen molar-refractivity contribution in [3.63, 3.8) is 0 Å². The second-order valence-electron chi connectivity index (χ2n) is 15.6. The Bertz CT molecular complexity index is 917. The molecule has 9 nitrogen and oxygen atoms in total. The summed E-state index contributed by atoms with van der Waals surface area (Å²) in [5.74, 6) is -0.830. The number of phosphoric acid groups is 1. The highest BCUT2D eigenvalue weighted by molar-refractivity contribution is 7.47. The van der Waals surface area contributed by atoms with Crippen LogP contribution in [0.5, 0.6) is 0 Å². The monoisotopic (exact) mass is 802 g/mol. The Balaban J connectivity index is 3.92. The minimum absolute atomic E-state index is 0.0547. The minimum atomic E-state index is -4.37. The normalized spacial score (nSPS) is 13.3. The van der Waals surface area contributed by atoms with Crippen LogP contribution in [0, 0.1) is 0 Å². The number of nitrogens with two attached hydrogens (primary N) is 1. The van der Waals surface area contributed by atoms with Crippen LogP contribution in [0.4, 0.5) is 0 Å². The van der Waals surface area contributed by atoms with Gasteiger partial charge in [0.1, 0.15) is 6.61 Å². The van der Waals surface area contributed by atoms with Crippen LogP contribution in [0.2, 0.25) is 0 Å². The third-order valence-electron chi connectivity index (χ3n) is 10.1. The highest BCUT2D eigenvalue weighted by Crippen LogP contribution is 2.43. The fraction of sp³-hybridized carbons (Fsp3) is 0.911. The first kappa shape index (κ1) is 53.8. The Hall–Kier alpha value is -1.25. The van der Waals surface area contributed by atoms with Crippen LogP contribution in [0.1, 0.15) is 232 Å². The van der Waals surface area contributed by atoms with Gasteiger partial charge in [0.15, 0.2) is 6.10 Å². The zero-order chi connectivity index (χ0) is 40.3. The summed E-state index contributed by atoms with van der Waals surface area (Å²) < 4.78 is 32.7. The highest BCUT2D eigenvalue weighted by atomic mass is 31.2. The predicted molar refractivity (Wildman–Crippen MR) is 229 cm³/mol. The molecule has 0 aliphatic carbocycles. The SMILES string of the molecule is CCC/C=C\CCCCCCCC(=O)OC(COC(=O)CCCCCCCCCCCCCCCCCCCCCCCCCC)COP(=O)(O)OCCN. The highest BCUT2D eigenvalue weighted by Gasteiger charge is 2.26. The van der Waals surface area contributed by atoms with Gasteiger partial charge >= 0.3 is 19.8 Å². The van der Waals surface area contributed by atoms with E-state index >= 15 is 0 Å². The molecule has 0 amide bonds. The molecule has 0 aliphatic rings. The average Bonchev–Trinajstić information content (AvgIpc) is 3.17. The van der Waals surface area contributed by atoms with Crippen LogP contribution in [-0.2, 0) is 32.7 Å². The summed E-state index contributed by atoms with van der Waals surface area (Å²) in [5, 5.41) is 0. The Kier molecular flexibility index (Phi) is 41.4. The third-order valence-corrected chi connectivity index (χ3v) is 11.1. The number of phosphoric ester groups is 1. The van der Waals surface area contributed by atoms with Crippen LogP contribution in [0.3, 0.4) is 0 Å². The van der Waals surface area contributed by atoms with Crippen LogP contribution >= 0.6 is 7.82 Å². The molecule has 2 unspecified atom stereocenters. The van der Waals surface area contributed by atoms with E-state index in [-0.39, 0.29) is 38.6 Å². The zero-order valence-corrected chi connectivity index (χ0v) is 36.8. The largest absolute Gasteiger partial charge is 0.472 e. The van der Waals surface area contributed by atoms with Gasteiger partial charge in [0.2, 0.25) is 0 Å². The first-order valence-corrected chi connectivity index (χ1v) is 24.7. The van der Waals surface area contributed by atoms with E-state index in [0.29, 0.717) is 6.42 Å². The number of esters is 2. The van der Waals surface area contributed by atoms with Crippen molar-refractivity contribution in [3.8, 4) is 0 Å². The lowest BCUT2D eigenvalue weighted by Gasteiger charge is -2.19. The standard InChI is InChI=1S/C45H88NO8P/c1-3-5-7-9-11-13-15-16-17-18-19-20-21-22-23-24-25-26-27-28-30-31-33-35-37-44(47)51-41-43(42-53-55(49,50)52-40-39-46)54-45(48)38-36-34-32-29-14-12-10-8-6-4-2/h8,10,43H,3-7,9,11-42,46H2,1-2H3,(H,49,50)/b10-8-. The summed E-state index contributed by atoms with van der Waals surface area (Å²) in [5.41, 5.74) is 5.34. The van der Waals surface area contributed by atoms with E-state index in [9.17, 15) is 19.0 Å². The van der Waals surface area contributed by atoms with Crippen LogP contribution < -0.4 is 5.73 Å². The van der Waals surface area contributed by atoms with Gasteiger partial charge in [-0.3, -0.25) is 18.6 Å². The van der Waals surface area contributed by atoms with Gasteiger partial charge in [-0.15, -0.1) is 0 Å². The molecule has 3 N–H and O–H groups in total. The van der Waals surface area contributed by atoms with Crippen molar-refractivity contribution in [1.82, 2.24) is 0 Å². The average molecular weight is 802 g/mol. The molecule has 0 heterocycles. The maximum absolute atomic E-state index is 12.5. The number of hydrogen-bond donors (Lipinski definition) is 2. The zero-order valence-electron chi connectivity index (χ0n) is 35.9. The molecule has 2 atom stereocenters. The maximum Gasteiger partial charge on any atom is 0.472 e. The van der Waals surface area contributed by atoms with E-state index in [1.54, 1.807) is 0 Å². The number of ether oxygens (including phenoxy) is 2. The smallest absolute Gasteiger partial charge is 0.462 e. The molecule has 0 aromatic rings. The van der Waals surface area contributed by atoms with E-state index in [4.69, 9.17) is 24.3 Å². The van der Waals surface area contributed by atoms with Gasteiger partial charge in [-0.25, -0.2) is 4.57 Å². The number of hydrogen-bond acceptors (Lipinski definition) is 8. The first-order chi connectivity index (χ1) is 26.8. The van der Waals surface area contributed by atoms with E-state index in [0.717, 1.165) is 57.8 Å². The van der Waals surface area contributed by atoms with Crippen molar-refractivity contribution in [2.75, 3.05) is 26.4 Å². The molecule has 10 heteroatoms. The molecule has 55 heavy (non-hydrogen) atoms. The second kappa shape index (κ2) is 42.4. The lowest BCUT2D eigenvalue weighted by atomic mass is 10.0. The van der Waals surface area contributed by atoms with Gasteiger partial charge < -0.3 is 20.1 Å². The number of unbranched alkanes of at least 4 members (excludes halogenated alkanes) is 29. The number of carbonyl (C=O) groups is 2. The summed E-state index contributed by atoms with van der Waals surface area (Å²) in [7, 11) is -4.37. The molecular formula is C45H88NO8P. The molecule has 0 saturated heterocycles. The van der Waals surface area contributed by atoms with E-state index < -0.39 is 26.5 Å². The van der Waals surface area contributed by atoms with Crippen molar-refractivity contribution in [2.24, 2.45) is 5.73 Å². The van der Waals surface area contributed by atoms with Crippen LogP contribution in [0.25, 0.3) is 0 Å². The Morgan fingerprint density at radius 3 is 1.36 bits per heavy atom. The van der Waals surface area contributed by atoms with Crippen LogP contribution in [-0.4, -0.2) is 49.3 Å². The summed E-state index contributed by atoms with van der Waals surface area (Å²) in [6, 6.07) is 0. The minimum Gasteiger partial charge on any atom is -0.462 e. The van der Waals surface area contributed by atoms with Crippen molar-refractivity contribution < 1.29 is 37.6 Å². The maximum atomic E-state index is 12.5. The van der Waals surface area contributed by atoms with Crippen molar-refractivity contribution >= 4 is 19.8 Å². The van der Waals surface area contributed by atoms with Gasteiger partial charge in [0.05, 0.1) is 13.2 Å². The lowest BCUT2D eigenvalue weighted by Crippen LogP contribution is -2.29. The van der Waals surface area contributed by atoms with Gasteiger partial charge in [-0.05, 0) is 32.1 Å². The van der Waals surface area contributed by atoms with Crippen molar-refractivity contribution in [3.05, 3.63) is 12.2 Å². The van der Waals surface area contributed by atoms with Gasteiger partial charge in [0.25, 0.3) is 0 Å². The topological polar surface area (TPSA) is 134 Å². The molecule has 0 spiro atoms. The Morgan fingerprint density at radius 2 is 0.927 bits per heavy atom. The summed E-state index contributed by atoms with van der Waals surface area (Å²) in [6.07, 6.45) is 44.1. The molecular weight excluding hydrogens is 713 g/mol. The van der Waals surface area contributed by atoms with Crippen molar-refractivity contribution in [2.45, 2.75) is 238 Å². The van der Waals surface area contributed by atoms with E-state index in [1.807, 2.05) is 0 Å². The predicted octanol–water partition coefficient (Wildman–Crippen LogP) is 13.4. The fourth-order valence-electron chi connectivity index (χ4n) is 6.70. The van der Waals surface area contributed by atoms with Gasteiger partial charge in [-0.1, -0.05) is 199 Å². The first-order valence-electron chi connectivity index (χ1n) is 23.2. The second-order valence-corrected chi connectivity index (χ2v) is 17.1. The quantitative estimate of drug-likeness (QED) is 0.0267. The number of allylic oxidation sites excluding steroid dienone is 2. The molecule has 0 rings (SSSR count). The summed E-state index contributed by atoms with van der Waals surface area (Å²) in [4.78, 5) is 34.8. The van der Waals surface area contributed by atoms with E-state index in [1.165, 1.54) is 141 Å². The molecule has 0 radical (unpaired) electrons. The van der Waals surface area contributed by atoms with Crippen molar-refractivity contribution in [1.29, 1.82) is 0 Å². The molecule has 0 aliphatic heterocycles. The summed E-state index contributed by atoms with van der Waals surface area (Å²) in [6.45, 7) is 3.69. The van der Waals surface area contributed by atoms with Gasteiger partial charge in [0, 0.05) is 19.4 Å². The van der Waals surface area contributed by atoms with Crippen LogP contribution in [0.15, 0.2) is 12.2 Å². The fourth-order valence-corrected chi connectivity index (χ4v) is 7.46. The number of rotatable bonds is 44. The molecule has 0 aromatic heterocycles. The third kappa shape index (κ3) is 42.2. The Labute approximate surface area is 339 Å². The van der Waals surface area contributed by atoms with E-state index in [2.05, 4.69) is 26.0 Å². The molecule has 326 valence electrons. The summed E-state index contributed by atoms with van der Waals surface area (Å²) >= 11 is 0. The lowest BCUT2D eigenvalue weighted by molar-refractivity contribution is -0.161. The molecule has 0 aromatic carbocycles. The molecule has 0 saturated carbocycles. The van der Waals surface area contributed by atoms with Gasteiger partial charge in [-0.2, -0.15) is 0 Å². The number of carbonyl (C=O) groups excluding carboxylic acids is 2. The molecule has 0 fully saturated rings.